The van der Waals surface area contributed by atoms with Crippen molar-refractivity contribution >= 4 is 11.9 Å². The number of carbonyl (C=O) groups excluding carboxylic acids is 1. The topological polar surface area (TPSA) is 102 Å². The van der Waals surface area contributed by atoms with Crippen LogP contribution in [0.2, 0.25) is 0 Å². The van der Waals surface area contributed by atoms with Crippen LogP contribution < -0.4 is 11.1 Å². The van der Waals surface area contributed by atoms with E-state index in [1.807, 2.05) is 0 Å². The monoisotopic (exact) mass is 218 g/mol. The smallest absolute Gasteiger partial charge is 0.329 e. The Morgan fingerprint density at radius 3 is 2.53 bits per heavy atom. The number of amides is 1. The van der Waals surface area contributed by atoms with Crippen molar-refractivity contribution in [3.8, 4) is 0 Å². The Hall–Kier alpha value is -1.14. The number of carboxylic acids is 1. The second-order valence-electron chi connectivity index (χ2n) is 3.79. The zero-order valence-electron chi connectivity index (χ0n) is 9.08. The van der Waals surface area contributed by atoms with Crippen molar-refractivity contribution in [3.63, 3.8) is 0 Å². The number of hydrogen-bond acceptors (Lipinski definition) is 4. The Balaban J connectivity index is 3.60. The lowest BCUT2D eigenvalue weighted by atomic mass is 9.93. The van der Waals surface area contributed by atoms with Crippen molar-refractivity contribution in [2.75, 3.05) is 26.3 Å². The van der Waals surface area contributed by atoms with E-state index >= 15 is 0 Å². The summed E-state index contributed by atoms with van der Waals surface area (Å²) < 4.78 is 4.75. The average molecular weight is 218 g/mol. The zero-order valence-corrected chi connectivity index (χ0v) is 9.08. The third-order valence-electron chi connectivity index (χ3n) is 1.88. The number of carboxylic acid groups (broad SMARTS) is 1. The molecule has 15 heavy (non-hydrogen) atoms. The molecular formula is C9H18N2O4. The summed E-state index contributed by atoms with van der Waals surface area (Å²) in [6.45, 7) is 3.85. The highest BCUT2D eigenvalue weighted by Gasteiger charge is 2.24. The molecular weight excluding hydrogens is 200 g/mol. The minimum absolute atomic E-state index is 0.163. The molecule has 0 unspecified atom stereocenters. The van der Waals surface area contributed by atoms with Gasteiger partial charge in [-0.15, -0.1) is 0 Å². The van der Waals surface area contributed by atoms with Crippen molar-refractivity contribution in [1.82, 2.24) is 5.32 Å². The molecule has 6 nitrogen and oxygen atoms in total. The molecule has 0 aromatic heterocycles. The molecule has 4 N–H and O–H groups in total. The molecule has 0 atom stereocenters. The highest BCUT2D eigenvalue weighted by atomic mass is 16.5. The first-order valence-electron chi connectivity index (χ1n) is 4.68. The van der Waals surface area contributed by atoms with E-state index in [-0.39, 0.29) is 32.2 Å². The molecule has 0 saturated carbocycles. The molecule has 0 fully saturated rings. The number of nitrogens with two attached hydrogens (primary N) is 1. The van der Waals surface area contributed by atoms with Gasteiger partial charge in [0.15, 0.2) is 0 Å². The summed E-state index contributed by atoms with van der Waals surface area (Å²) >= 11 is 0. The highest BCUT2D eigenvalue weighted by Crippen LogP contribution is 2.11. The second kappa shape index (κ2) is 6.36. The maximum Gasteiger partial charge on any atom is 0.329 e. The van der Waals surface area contributed by atoms with Crippen LogP contribution >= 0.6 is 0 Å². The summed E-state index contributed by atoms with van der Waals surface area (Å²) in [5.41, 5.74) is 4.80. The molecule has 6 heteroatoms. The number of aliphatic carboxylic acids is 1. The Morgan fingerprint density at radius 2 is 2.07 bits per heavy atom. The first-order valence-corrected chi connectivity index (χ1v) is 4.68. The van der Waals surface area contributed by atoms with Crippen LogP contribution in [-0.2, 0) is 14.3 Å². The van der Waals surface area contributed by atoms with Crippen molar-refractivity contribution < 1.29 is 19.4 Å². The molecule has 1 amide bonds. The lowest BCUT2D eigenvalue weighted by Gasteiger charge is -2.21. The SMILES string of the molecule is CC(C)(CN)C(=O)NCCOCC(=O)O. The first-order chi connectivity index (χ1) is 6.90. The van der Waals surface area contributed by atoms with Gasteiger partial charge >= 0.3 is 5.97 Å². The molecule has 0 radical (unpaired) electrons. The Bertz CT molecular complexity index is 228. The molecule has 88 valence electrons. The molecule has 0 saturated heterocycles. The molecule has 0 aromatic carbocycles. The first kappa shape index (κ1) is 13.9. The fourth-order valence-electron chi connectivity index (χ4n) is 0.728. The van der Waals surface area contributed by atoms with E-state index in [1.54, 1.807) is 13.8 Å². The average Bonchev–Trinajstić information content (AvgIpc) is 2.16. The number of carbonyl (C=O) groups is 2. The van der Waals surface area contributed by atoms with Gasteiger partial charge in [-0.1, -0.05) is 0 Å². The molecule has 0 aliphatic heterocycles. The van der Waals surface area contributed by atoms with Crippen LogP contribution in [0.5, 0.6) is 0 Å². The summed E-state index contributed by atoms with van der Waals surface area (Å²) in [5.74, 6) is -1.19. The molecule has 0 aliphatic carbocycles. The van der Waals surface area contributed by atoms with Crippen LogP contribution in [0.15, 0.2) is 0 Å². The van der Waals surface area contributed by atoms with E-state index in [0.717, 1.165) is 0 Å². The molecule has 0 heterocycles. The van der Waals surface area contributed by atoms with Gasteiger partial charge in [-0.05, 0) is 13.8 Å². The lowest BCUT2D eigenvalue weighted by Crippen LogP contribution is -2.42. The van der Waals surface area contributed by atoms with Crippen LogP contribution in [0.25, 0.3) is 0 Å². The van der Waals surface area contributed by atoms with Crippen molar-refractivity contribution in [2.24, 2.45) is 11.1 Å². The van der Waals surface area contributed by atoms with Crippen LogP contribution in [0, 0.1) is 5.41 Å². The van der Waals surface area contributed by atoms with E-state index in [9.17, 15) is 9.59 Å². The second-order valence-corrected chi connectivity index (χ2v) is 3.79. The number of ether oxygens (including phenoxy) is 1. The van der Waals surface area contributed by atoms with Crippen LogP contribution in [0.1, 0.15) is 13.8 Å². The van der Waals surface area contributed by atoms with E-state index in [0.29, 0.717) is 0 Å². The van der Waals surface area contributed by atoms with Gasteiger partial charge < -0.3 is 20.9 Å². The van der Waals surface area contributed by atoms with Crippen molar-refractivity contribution in [3.05, 3.63) is 0 Å². The van der Waals surface area contributed by atoms with Gasteiger partial charge in [-0.3, -0.25) is 4.79 Å². The minimum atomic E-state index is -1.02. The number of rotatable bonds is 7. The van der Waals surface area contributed by atoms with E-state index in [1.165, 1.54) is 0 Å². The van der Waals surface area contributed by atoms with Crippen molar-refractivity contribution in [1.29, 1.82) is 0 Å². The Kier molecular flexibility index (Phi) is 5.88. The minimum Gasteiger partial charge on any atom is -0.480 e. The van der Waals surface area contributed by atoms with E-state index < -0.39 is 11.4 Å². The predicted molar refractivity (Wildman–Crippen MR) is 54.3 cm³/mol. The number of hydrogen-bond donors (Lipinski definition) is 3. The highest BCUT2D eigenvalue weighted by molar-refractivity contribution is 5.81. The normalized spacial score (nSPS) is 11.1. The van der Waals surface area contributed by atoms with Gasteiger partial charge in [0.25, 0.3) is 0 Å². The largest absolute Gasteiger partial charge is 0.480 e. The third kappa shape index (κ3) is 6.03. The Morgan fingerprint density at radius 1 is 1.47 bits per heavy atom. The van der Waals surface area contributed by atoms with Crippen LogP contribution in [0.4, 0.5) is 0 Å². The number of nitrogens with one attached hydrogen (secondary N) is 1. The van der Waals surface area contributed by atoms with Gasteiger partial charge in [0.05, 0.1) is 12.0 Å². The summed E-state index contributed by atoms with van der Waals surface area (Å²) in [5, 5.41) is 10.9. The molecule has 0 aromatic rings. The molecule has 0 spiro atoms. The fourth-order valence-corrected chi connectivity index (χ4v) is 0.728. The fraction of sp³-hybridized carbons (Fsp3) is 0.778. The zero-order chi connectivity index (χ0) is 11.9. The lowest BCUT2D eigenvalue weighted by molar-refractivity contribution is -0.142. The summed E-state index contributed by atoms with van der Waals surface area (Å²) in [6, 6.07) is 0. The summed E-state index contributed by atoms with van der Waals surface area (Å²) in [4.78, 5) is 21.5. The van der Waals surface area contributed by atoms with Gasteiger partial charge in [-0.2, -0.15) is 0 Å². The van der Waals surface area contributed by atoms with Gasteiger partial charge in [0.2, 0.25) is 5.91 Å². The van der Waals surface area contributed by atoms with Crippen LogP contribution in [-0.4, -0.2) is 43.3 Å². The Labute approximate surface area is 88.8 Å². The predicted octanol–water partition coefficient (Wildman–Crippen LogP) is -0.811. The van der Waals surface area contributed by atoms with Gasteiger partial charge in [0, 0.05) is 13.1 Å². The van der Waals surface area contributed by atoms with Crippen molar-refractivity contribution in [2.45, 2.75) is 13.8 Å². The summed E-state index contributed by atoms with van der Waals surface area (Å²) in [6.07, 6.45) is 0. The van der Waals surface area contributed by atoms with E-state index in [2.05, 4.69) is 5.32 Å². The quantitative estimate of drug-likeness (QED) is 0.485. The summed E-state index contributed by atoms with van der Waals surface area (Å²) in [7, 11) is 0. The standard InChI is InChI=1S/C9H18N2O4/c1-9(2,6-10)8(14)11-3-4-15-5-7(12)13/h3-6,10H2,1-2H3,(H,11,14)(H,12,13). The van der Waals surface area contributed by atoms with Gasteiger partial charge in [0.1, 0.15) is 6.61 Å². The maximum absolute atomic E-state index is 11.4. The van der Waals surface area contributed by atoms with Gasteiger partial charge in [-0.25, -0.2) is 4.79 Å². The molecule has 0 rings (SSSR count). The maximum atomic E-state index is 11.4. The van der Waals surface area contributed by atoms with Crippen LogP contribution in [0.3, 0.4) is 0 Å². The third-order valence-corrected chi connectivity index (χ3v) is 1.88. The van der Waals surface area contributed by atoms with E-state index in [4.69, 9.17) is 15.6 Å². The molecule has 0 aliphatic rings. The molecule has 0 bridgehead atoms.